The van der Waals surface area contributed by atoms with Crippen molar-refractivity contribution in [2.45, 2.75) is 13.3 Å². The van der Waals surface area contributed by atoms with Gasteiger partial charge in [0.15, 0.2) is 17.3 Å². The summed E-state index contributed by atoms with van der Waals surface area (Å²) in [4.78, 5) is 16.0. The zero-order chi connectivity index (χ0) is 20.1. The van der Waals surface area contributed by atoms with Gasteiger partial charge in [0.05, 0.1) is 36.2 Å². The molecule has 0 aliphatic heterocycles. The lowest BCUT2D eigenvalue weighted by Crippen LogP contribution is -2.22. The van der Waals surface area contributed by atoms with Gasteiger partial charge in [0.1, 0.15) is 0 Å². The molecule has 2 N–H and O–H groups in total. The van der Waals surface area contributed by atoms with Gasteiger partial charge in [-0.25, -0.2) is 28.4 Å². The first-order chi connectivity index (χ1) is 12.8. The molecule has 0 fully saturated rings. The number of nitrogens with one attached hydrogen (secondary N) is 2. The van der Waals surface area contributed by atoms with Crippen LogP contribution in [-0.4, -0.2) is 31.7 Å². The molecule has 0 saturated carbocycles. The van der Waals surface area contributed by atoms with Crippen molar-refractivity contribution in [2.75, 3.05) is 26.2 Å². The largest absolute Gasteiger partial charge is 0.493 e. The van der Waals surface area contributed by atoms with Crippen LogP contribution >= 0.6 is 11.6 Å². The smallest absolute Gasteiger partial charge is 0.358 e. The van der Waals surface area contributed by atoms with Crippen LogP contribution in [0.4, 0.5) is 18.9 Å². The molecule has 27 heavy (non-hydrogen) atoms. The van der Waals surface area contributed by atoms with Crippen molar-refractivity contribution in [3.05, 3.63) is 40.3 Å². The number of ether oxygens (including phenoxy) is 2. The van der Waals surface area contributed by atoms with E-state index in [0.29, 0.717) is 6.54 Å². The number of methoxy groups -OCH3 is 2. The van der Waals surface area contributed by atoms with Crippen molar-refractivity contribution >= 4 is 23.3 Å². The molecule has 0 bridgehead atoms. The van der Waals surface area contributed by atoms with Crippen molar-refractivity contribution < 1.29 is 27.4 Å². The second-order valence-electron chi connectivity index (χ2n) is 5.21. The first-order valence-electron chi connectivity index (χ1n) is 7.78. The minimum absolute atomic E-state index is 0.0168. The number of esters is 1. The molecule has 1 aromatic heterocycles. The molecule has 0 aliphatic rings. The molecule has 0 amide bonds. The Labute approximate surface area is 158 Å². The molecule has 0 radical (unpaired) electrons. The van der Waals surface area contributed by atoms with Gasteiger partial charge >= 0.3 is 5.97 Å². The Morgan fingerprint density at radius 1 is 1.33 bits per heavy atom. The lowest BCUT2D eigenvalue weighted by molar-refractivity contribution is 0.0594. The number of nitrogens with zero attached hydrogens (tertiary/aromatic N) is 1. The Morgan fingerprint density at radius 2 is 2.04 bits per heavy atom. The molecule has 0 atom stereocenters. The second kappa shape index (κ2) is 8.92. The predicted molar refractivity (Wildman–Crippen MR) is 94.8 cm³/mol. The molecule has 0 aliphatic carbocycles. The standard InChI is InChI=1S/C17H17ClF3N3O3/c1-4-22-24-11-7-10(23-14(12(11)18)17(25)27-3)8-5-6-9(16(20)21)15(26-2)13(8)19/h5-7,16,22H,4H2,1-3H3,(H,23,24). The van der Waals surface area contributed by atoms with Crippen LogP contribution in [0.15, 0.2) is 18.2 Å². The highest BCUT2D eigenvalue weighted by atomic mass is 35.5. The summed E-state index contributed by atoms with van der Waals surface area (Å²) in [6, 6.07) is 3.54. The van der Waals surface area contributed by atoms with E-state index in [1.165, 1.54) is 6.07 Å². The molecule has 0 saturated heterocycles. The minimum Gasteiger partial charge on any atom is -0.493 e. The SMILES string of the molecule is CCNNc1cc(-c2ccc(C(F)F)c(OC)c2F)nc(C(=O)OC)c1Cl. The van der Waals surface area contributed by atoms with E-state index in [9.17, 15) is 18.0 Å². The fourth-order valence-corrected chi connectivity index (χ4v) is 2.54. The van der Waals surface area contributed by atoms with E-state index in [2.05, 4.69) is 20.6 Å². The van der Waals surface area contributed by atoms with Gasteiger partial charge in [-0.05, 0) is 18.2 Å². The quantitative estimate of drug-likeness (QED) is 0.533. The summed E-state index contributed by atoms with van der Waals surface area (Å²) < 4.78 is 50.3. The molecule has 2 rings (SSSR count). The van der Waals surface area contributed by atoms with Gasteiger partial charge in [0.25, 0.3) is 6.43 Å². The Kier molecular flexibility index (Phi) is 6.86. The minimum atomic E-state index is -2.92. The van der Waals surface area contributed by atoms with E-state index in [1.54, 1.807) is 0 Å². The average molecular weight is 404 g/mol. The molecule has 2 aromatic rings. The third kappa shape index (κ3) is 4.25. The van der Waals surface area contributed by atoms with Crippen molar-refractivity contribution in [1.82, 2.24) is 10.4 Å². The zero-order valence-electron chi connectivity index (χ0n) is 14.7. The van der Waals surface area contributed by atoms with Gasteiger partial charge < -0.3 is 14.9 Å². The topological polar surface area (TPSA) is 72.5 Å². The molecule has 1 aromatic carbocycles. The first-order valence-corrected chi connectivity index (χ1v) is 8.16. The highest BCUT2D eigenvalue weighted by molar-refractivity contribution is 6.36. The monoisotopic (exact) mass is 403 g/mol. The zero-order valence-corrected chi connectivity index (χ0v) is 15.5. The van der Waals surface area contributed by atoms with Gasteiger partial charge in [-0.15, -0.1) is 0 Å². The summed E-state index contributed by atoms with van der Waals surface area (Å²) >= 11 is 6.16. The normalized spacial score (nSPS) is 10.8. The summed E-state index contributed by atoms with van der Waals surface area (Å²) in [6.07, 6.45) is -2.92. The van der Waals surface area contributed by atoms with Gasteiger partial charge in [-0.3, -0.25) is 0 Å². The van der Waals surface area contributed by atoms with Gasteiger partial charge in [0.2, 0.25) is 0 Å². The highest BCUT2D eigenvalue weighted by Crippen LogP contribution is 2.38. The molecule has 0 spiro atoms. The molecule has 1 heterocycles. The maximum absolute atomic E-state index is 14.8. The van der Waals surface area contributed by atoms with Crippen LogP contribution in [0.2, 0.25) is 5.02 Å². The number of hydrogen-bond acceptors (Lipinski definition) is 6. The summed E-state index contributed by atoms with van der Waals surface area (Å²) in [5, 5.41) is -0.0388. The number of carbonyl (C=O) groups excluding carboxylic acids is 1. The van der Waals surface area contributed by atoms with Crippen LogP contribution in [0.1, 0.15) is 29.4 Å². The third-order valence-electron chi connectivity index (χ3n) is 3.58. The number of anilines is 1. The average Bonchev–Trinajstić information content (AvgIpc) is 2.66. The number of rotatable bonds is 7. The Morgan fingerprint density at radius 3 is 2.59 bits per heavy atom. The number of benzene rings is 1. The number of hydrazine groups is 1. The number of aromatic nitrogens is 1. The van der Waals surface area contributed by atoms with Gasteiger partial charge in [-0.2, -0.15) is 0 Å². The number of hydrogen-bond donors (Lipinski definition) is 2. The van der Waals surface area contributed by atoms with E-state index in [0.717, 1.165) is 26.4 Å². The maximum atomic E-state index is 14.8. The van der Waals surface area contributed by atoms with Crippen LogP contribution in [0, 0.1) is 5.82 Å². The summed E-state index contributed by atoms with van der Waals surface area (Å²) in [5.41, 5.74) is 4.80. The number of pyridine rings is 1. The first kappa shape index (κ1) is 20.8. The van der Waals surface area contributed by atoms with E-state index in [1.807, 2.05) is 6.92 Å². The Balaban J connectivity index is 2.69. The van der Waals surface area contributed by atoms with Crippen LogP contribution < -0.4 is 15.6 Å². The van der Waals surface area contributed by atoms with E-state index in [4.69, 9.17) is 16.3 Å². The number of carbonyl (C=O) groups is 1. The molecule has 6 nitrogen and oxygen atoms in total. The van der Waals surface area contributed by atoms with E-state index < -0.39 is 29.5 Å². The summed E-state index contributed by atoms with van der Waals surface area (Å²) in [5.74, 6) is -2.46. The van der Waals surface area contributed by atoms with Crippen LogP contribution in [-0.2, 0) is 4.74 Å². The maximum Gasteiger partial charge on any atom is 0.358 e. The number of alkyl halides is 2. The summed E-state index contributed by atoms with van der Waals surface area (Å²) in [6.45, 7) is 2.34. The van der Waals surface area contributed by atoms with Crippen molar-refractivity contribution in [1.29, 1.82) is 0 Å². The lowest BCUT2D eigenvalue weighted by atomic mass is 10.1. The molecule has 0 unspecified atom stereocenters. The fraction of sp³-hybridized carbons (Fsp3) is 0.294. The van der Waals surface area contributed by atoms with Crippen LogP contribution in [0.3, 0.4) is 0 Å². The van der Waals surface area contributed by atoms with Crippen molar-refractivity contribution in [2.24, 2.45) is 0 Å². The van der Waals surface area contributed by atoms with Crippen molar-refractivity contribution in [3.8, 4) is 17.0 Å². The molecular weight excluding hydrogens is 387 g/mol. The van der Waals surface area contributed by atoms with E-state index >= 15 is 0 Å². The molecular formula is C17H17ClF3N3O3. The molecule has 146 valence electrons. The van der Waals surface area contributed by atoms with Crippen molar-refractivity contribution in [3.63, 3.8) is 0 Å². The Bertz CT molecular complexity index is 850. The molecule has 10 heteroatoms. The Hall–Kier alpha value is -2.52. The summed E-state index contributed by atoms with van der Waals surface area (Å²) in [7, 11) is 2.23. The van der Waals surface area contributed by atoms with E-state index in [-0.39, 0.29) is 27.7 Å². The highest BCUT2D eigenvalue weighted by Gasteiger charge is 2.24. The van der Waals surface area contributed by atoms with Crippen LogP contribution in [0.5, 0.6) is 5.75 Å². The van der Waals surface area contributed by atoms with Crippen LogP contribution in [0.25, 0.3) is 11.3 Å². The van der Waals surface area contributed by atoms with Gasteiger partial charge in [-0.1, -0.05) is 18.5 Å². The van der Waals surface area contributed by atoms with Gasteiger partial charge in [0, 0.05) is 12.1 Å². The number of halogens is 4. The fourth-order valence-electron chi connectivity index (χ4n) is 2.32. The predicted octanol–water partition coefficient (Wildman–Crippen LogP) is 4.21. The lowest BCUT2D eigenvalue weighted by Gasteiger charge is -2.15. The second-order valence-corrected chi connectivity index (χ2v) is 5.59. The third-order valence-corrected chi connectivity index (χ3v) is 3.96.